The summed E-state index contributed by atoms with van der Waals surface area (Å²) in [6, 6.07) is 3.59. The van der Waals surface area contributed by atoms with Gasteiger partial charge in [0.05, 0.1) is 5.75 Å². The monoisotopic (exact) mass is 255 g/mol. The summed E-state index contributed by atoms with van der Waals surface area (Å²) in [6.45, 7) is 5.54. The highest BCUT2D eigenvalue weighted by Crippen LogP contribution is 2.20. The number of carbonyl (C=O) groups excluding carboxylic acids is 1. The Bertz CT molecular complexity index is 391. The lowest BCUT2D eigenvalue weighted by atomic mass is 10.2. The molecule has 1 heterocycles. The molecule has 0 fully saturated rings. The second kappa shape index (κ2) is 5.88. The summed E-state index contributed by atoms with van der Waals surface area (Å²) in [5, 5.41) is 0. The van der Waals surface area contributed by atoms with E-state index in [1.54, 1.807) is 12.3 Å². The predicted molar refractivity (Wildman–Crippen MR) is 68.6 cm³/mol. The van der Waals surface area contributed by atoms with Gasteiger partial charge in [0.25, 0.3) is 0 Å². The first-order chi connectivity index (χ1) is 7.90. The highest BCUT2D eigenvalue weighted by molar-refractivity contribution is 8.00. The van der Waals surface area contributed by atoms with Gasteiger partial charge in [0, 0.05) is 11.1 Å². The minimum absolute atomic E-state index is 0.235. The van der Waals surface area contributed by atoms with Crippen LogP contribution in [0.5, 0.6) is 0 Å². The van der Waals surface area contributed by atoms with Crippen LogP contribution in [0.15, 0.2) is 23.2 Å². The second-order valence-corrected chi connectivity index (χ2v) is 5.44. The van der Waals surface area contributed by atoms with E-state index in [0.29, 0.717) is 5.82 Å². The molecule has 0 aliphatic rings. The largest absolute Gasteiger partial charge is 0.459 e. The number of nitrogens with two attached hydrogens (primary N) is 1. The topological polar surface area (TPSA) is 77.2 Å². The van der Waals surface area contributed by atoms with E-state index >= 15 is 0 Å². The number of ether oxygens (including phenoxy) is 1. The summed E-state index contributed by atoms with van der Waals surface area (Å²) in [4.78, 5) is 16.4. The molecule has 0 aromatic carbocycles. The Kier molecular flexibility index (Phi) is 4.77. The van der Waals surface area contributed by atoms with Crippen LogP contribution in [0.1, 0.15) is 20.8 Å². The summed E-state index contributed by atoms with van der Waals surface area (Å²) < 4.78 is 5.20. The average molecular weight is 255 g/mol. The molecular formula is C11H17N3O2S. The average Bonchev–Trinajstić information content (AvgIpc) is 2.24. The molecule has 94 valence electrons. The second-order valence-electron chi connectivity index (χ2n) is 4.40. The van der Waals surface area contributed by atoms with Gasteiger partial charge >= 0.3 is 5.97 Å². The van der Waals surface area contributed by atoms with E-state index in [-0.39, 0.29) is 11.7 Å². The molecule has 0 bridgehead atoms. The molecule has 1 aromatic heterocycles. The molecule has 0 unspecified atom stereocenters. The van der Waals surface area contributed by atoms with Gasteiger partial charge in [-0.15, -0.1) is 11.8 Å². The maximum absolute atomic E-state index is 11.5. The first kappa shape index (κ1) is 13.8. The highest BCUT2D eigenvalue weighted by atomic mass is 32.2. The van der Waals surface area contributed by atoms with Crippen molar-refractivity contribution in [1.82, 2.24) is 4.98 Å². The zero-order chi connectivity index (χ0) is 12.9. The first-order valence-corrected chi connectivity index (χ1v) is 6.16. The summed E-state index contributed by atoms with van der Waals surface area (Å²) in [7, 11) is 0. The van der Waals surface area contributed by atoms with Crippen LogP contribution in [0.3, 0.4) is 0 Å². The quantitative estimate of drug-likeness (QED) is 0.370. The van der Waals surface area contributed by atoms with Crippen molar-refractivity contribution in [3.63, 3.8) is 0 Å². The van der Waals surface area contributed by atoms with Gasteiger partial charge in [-0.2, -0.15) is 0 Å². The zero-order valence-electron chi connectivity index (χ0n) is 10.2. The van der Waals surface area contributed by atoms with Gasteiger partial charge in [0.15, 0.2) is 0 Å². The number of hydrogen-bond acceptors (Lipinski definition) is 6. The van der Waals surface area contributed by atoms with Crippen molar-refractivity contribution in [3.05, 3.63) is 18.3 Å². The normalized spacial score (nSPS) is 11.1. The molecule has 0 amide bonds. The van der Waals surface area contributed by atoms with Crippen LogP contribution >= 0.6 is 11.8 Å². The Hall–Kier alpha value is -1.27. The number of anilines is 1. The van der Waals surface area contributed by atoms with E-state index in [1.165, 1.54) is 11.8 Å². The summed E-state index contributed by atoms with van der Waals surface area (Å²) in [5.74, 6) is 5.85. The van der Waals surface area contributed by atoms with Crippen LogP contribution in [0.2, 0.25) is 0 Å². The number of pyridine rings is 1. The molecule has 1 aromatic rings. The van der Waals surface area contributed by atoms with E-state index in [9.17, 15) is 4.79 Å². The highest BCUT2D eigenvalue weighted by Gasteiger charge is 2.16. The third-order valence-electron chi connectivity index (χ3n) is 1.66. The molecule has 0 atom stereocenters. The SMILES string of the molecule is CC(C)(C)OC(=O)CSc1ccnc(NN)c1. The molecule has 0 aliphatic carbocycles. The summed E-state index contributed by atoms with van der Waals surface area (Å²) in [5.41, 5.74) is 2.01. The third kappa shape index (κ3) is 5.55. The Balaban J connectivity index is 2.47. The predicted octanol–water partition coefficient (Wildman–Crippen LogP) is 1.80. The van der Waals surface area contributed by atoms with E-state index in [2.05, 4.69) is 10.4 Å². The maximum atomic E-state index is 11.5. The number of carbonyl (C=O) groups is 1. The Morgan fingerprint density at radius 2 is 2.29 bits per heavy atom. The number of esters is 1. The van der Waals surface area contributed by atoms with Gasteiger partial charge in [-0.25, -0.2) is 10.8 Å². The fraction of sp³-hybridized carbons (Fsp3) is 0.455. The molecule has 17 heavy (non-hydrogen) atoms. The van der Waals surface area contributed by atoms with Gasteiger partial charge in [-0.1, -0.05) is 0 Å². The fourth-order valence-electron chi connectivity index (χ4n) is 1.09. The van der Waals surface area contributed by atoms with Crippen molar-refractivity contribution in [2.75, 3.05) is 11.2 Å². The Morgan fingerprint density at radius 1 is 1.59 bits per heavy atom. The lowest BCUT2D eigenvalue weighted by molar-refractivity contribution is -0.151. The van der Waals surface area contributed by atoms with Crippen LogP contribution in [-0.2, 0) is 9.53 Å². The van der Waals surface area contributed by atoms with Crippen molar-refractivity contribution in [2.45, 2.75) is 31.3 Å². The van der Waals surface area contributed by atoms with Crippen molar-refractivity contribution >= 4 is 23.5 Å². The molecule has 0 radical (unpaired) electrons. The number of rotatable bonds is 4. The van der Waals surface area contributed by atoms with Crippen LogP contribution in [0.4, 0.5) is 5.82 Å². The Morgan fingerprint density at radius 3 is 2.88 bits per heavy atom. The van der Waals surface area contributed by atoms with Gasteiger partial charge in [-0.05, 0) is 32.9 Å². The molecule has 5 nitrogen and oxygen atoms in total. The molecule has 0 spiro atoms. The van der Waals surface area contributed by atoms with Gasteiger partial charge < -0.3 is 10.2 Å². The first-order valence-electron chi connectivity index (χ1n) is 5.18. The molecule has 6 heteroatoms. The third-order valence-corrected chi connectivity index (χ3v) is 2.62. The number of thioether (sulfide) groups is 1. The smallest absolute Gasteiger partial charge is 0.316 e. The van der Waals surface area contributed by atoms with E-state index in [1.807, 2.05) is 26.8 Å². The fourth-order valence-corrected chi connectivity index (χ4v) is 1.79. The number of hydrogen-bond donors (Lipinski definition) is 2. The van der Waals surface area contributed by atoms with Crippen LogP contribution < -0.4 is 11.3 Å². The maximum Gasteiger partial charge on any atom is 0.316 e. The van der Waals surface area contributed by atoms with E-state index in [0.717, 1.165) is 4.90 Å². The lowest BCUT2D eigenvalue weighted by Crippen LogP contribution is -2.24. The number of hydrazine groups is 1. The van der Waals surface area contributed by atoms with E-state index in [4.69, 9.17) is 10.6 Å². The zero-order valence-corrected chi connectivity index (χ0v) is 11.0. The summed E-state index contributed by atoms with van der Waals surface area (Å²) >= 11 is 1.39. The molecule has 0 saturated carbocycles. The van der Waals surface area contributed by atoms with Crippen LogP contribution in [-0.4, -0.2) is 22.3 Å². The summed E-state index contributed by atoms with van der Waals surface area (Å²) in [6.07, 6.45) is 1.63. The van der Waals surface area contributed by atoms with Gasteiger partial charge in [-0.3, -0.25) is 4.79 Å². The van der Waals surface area contributed by atoms with Crippen molar-refractivity contribution in [3.8, 4) is 0 Å². The van der Waals surface area contributed by atoms with Crippen molar-refractivity contribution in [1.29, 1.82) is 0 Å². The van der Waals surface area contributed by atoms with Crippen molar-refractivity contribution in [2.24, 2.45) is 5.84 Å². The minimum atomic E-state index is -0.445. The number of nitrogens with one attached hydrogen (secondary N) is 1. The van der Waals surface area contributed by atoms with Crippen LogP contribution in [0.25, 0.3) is 0 Å². The van der Waals surface area contributed by atoms with E-state index < -0.39 is 5.60 Å². The van der Waals surface area contributed by atoms with Crippen molar-refractivity contribution < 1.29 is 9.53 Å². The van der Waals surface area contributed by atoms with Gasteiger partial charge in [0.1, 0.15) is 11.4 Å². The molecule has 1 rings (SSSR count). The molecule has 0 saturated heterocycles. The minimum Gasteiger partial charge on any atom is -0.459 e. The molecule has 0 aliphatic heterocycles. The number of aromatic nitrogens is 1. The van der Waals surface area contributed by atoms with Crippen LogP contribution in [0, 0.1) is 0 Å². The number of nitrogen functional groups attached to an aromatic ring is 1. The number of nitrogens with zero attached hydrogens (tertiary/aromatic N) is 1. The lowest BCUT2D eigenvalue weighted by Gasteiger charge is -2.19. The Labute approximate surface area is 105 Å². The molecule has 3 N–H and O–H groups in total. The van der Waals surface area contributed by atoms with Gasteiger partial charge in [0.2, 0.25) is 0 Å². The standard InChI is InChI=1S/C11H17N3O2S/c1-11(2,3)16-10(15)7-17-8-4-5-13-9(6-8)14-12/h4-6H,7,12H2,1-3H3,(H,13,14). The molecular weight excluding hydrogens is 238 g/mol.